The van der Waals surface area contributed by atoms with Gasteiger partial charge in [-0.05, 0) is 42.8 Å². The average molecular weight is 452 g/mol. The second-order valence-electron chi connectivity index (χ2n) is 8.13. The number of dihydropyridines is 1. The van der Waals surface area contributed by atoms with Gasteiger partial charge < -0.3 is 15.5 Å². The first-order valence-electron chi connectivity index (χ1n) is 10.6. The number of aliphatic imine (C=N–C) groups is 1. The number of piperazine rings is 1. The second kappa shape index (κ2) is 8.74. The number of amidine groups is 1. The molecule has 2 aliphatic rings. The molecule has 166 valence electrons. The Bertz CT molecular complexity index is 1090. The minimum absolute atomic E-state index is 0.0818. The molecule has 2 unspecified atom stereocenters. The first-order valence-corrected chi connectivity index (χ1v) is 11.0. The maximum absolute atomic E-state index is 12.8. The molecule has 2 aromatic rings. The van der Waals surface area contributed by atoms with Crippen LogP contribution in [0.3, 0.4) is 0 Å². The van der Waals surface area contributed by atoms with Crippen LogP contribution in [-0.2, 0) is 15.0 Å². The molecule has 32 heavy (non-hydrogen) atoms. The minimum Gasteiger partial charge on any atom is -0.369 e. The number of hydrogen-bond donors (Lipinski definition) is 1. The Morgan fingerprint density at radius 1 is 1.16 bits per heavy atom. The predicted octanol–water partition coefficient (Wildman–Crippen LogP) is 2.65. The predicted molar refractivity (Wildman–Crippen MR) is 125 cm³/mol. The molecule has 1 fully saturated rings. The van der Waals surface area contributed by atoms with Crippen LogP contribution in [-0.4, -0.2) is 64.7 Å². The zero-order valence-corrected chi connectivity index (χ0v) is 18.9. The quantitative estimate of drug-likeness (QED) is 0.776. The Kier molecular flexibility index (Phi) is 6.02. The summed E-state index contributed by atoms with van der Waals surface area (Å²) < 4.78 is 0. The monoisotopic (exact) mass is 451 g/mol. The first kappa shape index (κ1) is 22.0. The number of carbonyl (C=O) groups excluding carboxylic acids is 2. The summed E-state index contributed by atoms with van der Waals surface area (Å²) in [7, 11) is 0. The molecule has 4 rings (SSSR count). The van der Waals surface area contributed by atoms with Gasteiger partial charge in [-0.15, -0.1) is 0 Å². The fraction of sp³-hybridized carbons (Fsp3) is 0.333. The smallest absolute Gasteiger partial charge is 0.234 e. The molecule has 2 amide bonds. The van der Waals surface area contributed by atoms with Crippen LogP contribution in [0, 0.1) is 0 Å². The van der Waals surface area contributed by atoms with E-state index in [0.717, 1.165) is 22.7 Å². The van der Waals surface area contributed by atoms with Crippen LogP contribution in [0.2, 0.25) is 5.02 Å². The van der Waals surface area contributed by atoms with Crippen LogP contribution >= 0.6 is 11.6 Å². The van der Waals surface area contributed by atoms with Gasteiger partial charge >= 0.3 is 0 Å². The van der Waals surface area contributed by atoms with Gasteiger partial charge in [-0.25, -0.2) is 0 Å². The molecule has 0 bridgehead atoms. The Morgan fingerprint density at radius 2 is 1.91 bits per heavy atom. The number of amides is 2. The largest absolute Gasteiger partial charge is 0.369 e. The van der Waals surface area contributed by atoms with Crippen LogP contribution in [0.5, 0.6) is 0 Å². The SMILES string of the molecule is CC(=O)N1CCN(C2=NC(C)C(C(N)=O)(c3ccc(Cl)c(-c4ccccn4)c3)C=C2)CC1. The fourth-order valence-electron chi connectivity index (χ4n) is 4.39. The third-order valence-corrected chi connectivity index (χ3v) is 6.65. The van der Waals surface area contributed by atoms with Gasteiger partial charge in [-0.3, -0.25) is 19.6 Å². The highest BCUT2D eigenvalue weighted by Crippen LogP contribution is 2.38. The van der Waals surface area contributed by atoms with E-state index in [1.807, 2.05) is 54.3 Å². The van der Waals surface area contributed by atoms with E-state index in [0.29, 0.717) is 31.2 Å². The molecule has 2 N–H and O–H groups in total. The zero-order valence-electron chi connectivity index (χ0n) is 18.2. The van der Waals surface area contributed by atoms with E-state index in [9.17, 15) is 9.59 Å². The van der Waals surface area contributed by atoms with Crippen molar-refractivity contribution in [3.05, 3.63) is 65.3 Å². The van der Waals surface area contributed by atoms with Crippen molar-refractivity contribution in [3.63, 3.8) is 0 Å². The number of nitrogens with two attached hydrogens (primary N) is 1. The number of carbonyl (C=O) groups is 2. The van der Waals surface area contributed by atoms with Gasteiger partial charge in [0.05, 0.1) is 11.7 Å². The third-order valence-electron chi connectivity index (χ3n) is 6.32. The lowest BCUT2D eigenvalue weighted by atomic mass is 9.72. The second-order valence-corrected chi connectivity index (χ2v) is 8.54. The van der Waals surface area contributed by atoms with Crippen LogP contribution < -0.4 is 5.73 Å². The Balaban J connectivity index is 1.66. The van der Waals surface area contributed by atoms with Crippen LogP contribution in [0.1, 0.15) is 19.4 Å². The van der Waals surface area contributed by atoms with Gasteiger partial charge in [-0.2, -0.15) is 0 Å². The molecule has 2 atom stereocenters. The lowest BCUT2D eigenvalue weighted by Crippen LogP contribution is -2.53. The fourth-order valence-corrected chi connectivity index (χ4v) is 4.61. The van der Waals surface area contributed by atoms with Gasteiger partial charge in [0.2, 0.25) is 11.8 Å². The molecular weight excluding hydrogens is 426 g/mol. The molecule has 0 aliphatic carbocycles. The molecule has 1 aromatic heterocycles. The number of aromatic nitrogens is 1. The van der Waals surface area contributed by atoms with Crippen molar-refractivity contribution >= 4 is 29.3 Å². The van der Waals surface area contributed by atoms with Gasteiger partial charge in [0.15, 0.2) is 0 Å². The average Bonchev–Trinajstić information content (AvgIpc) is 2.80. The highest BCUT2D eigenvalue weighted by molar-refractivity contribution is 6.33. The summed E-state index contributed by atoms with van der Waals surface area (Å²) in [5.41, 5.74) is 7.05. The molecule has 7 nitrogen and oxygen atoms in total. The lowest BCUT2D eigenvalue weighted by Gasteiger charge is -2.40. The zero-order chi connectivity index (χ0) is 22.9. The molecule has 0 saturated carbocycles. The number of rotatable bonds is 3. The van der Waals surface area contributed by atoms with Crippen molar-refractivity contribution in [3.8, 4) is 11.3 Å². The highest BCUT2D eigenvalue weighted by Gasteiger charge is 2.44. The number of benzene rings is 1. The van der Waals surface area contributed by atoms with E-state index in [4.69, 9.17) is 22.3 Å². The van der Waals surface area contributed by atoms with Crippen molar-refractivity contribution in [2.45, 2.75) is 25.3 Å². The molecule has 0 spiro atoms. The number of primary amides is 1. The van der Waals surface area contributed by atoms with Gasteiger partial charge in [0.1, 0.15) is 11.3 Å². The molecule has 1 saturated heterocycles. The van der Waals surface area contributed by atoms with Crippen molar-refractivity contribution in [1.29, 1.82) is 0 Å². The summed E-state index contributed by atoms with van der Waals surface area (Å²) >= 11 is 6.45. The van der Waals surface area contributed by atoms with Crippen molar-refractivity contribution in [2.24, 2.45) is 10.7 Å². The number of nitrogens with zero attached hydrogens (tertiary/aromatic N) is 4. The minimum atomic E-state index is -1.10. The number of pyridine rings is 1. The summed E-state index contributed by atoms with van der Waals surface area (Å²) in [4.78, 5) is 37.6. The molecule has 0 radical (unpaired) electrons. The third kappa shape index (κ3) is 3.88. The first-order chi connectivity index (χ1) is 15.3. The molecule has 8 heteroatoms. The van der Waals surface area contributed by atoms with E-state index in [1.54, 1.807) is 19.2 Å². The van der Waals surface area contributed by atoms with Crippen LogP contribution in [0.25, 0.3) is 11.3 Å². The summed E-state index contributed by atoms with van der Waals surface area (Å²) in [5.74, 6) is 0.412. The summed E-state index contributed by atoms with van der Waals surface area (Å²) in [5, 5.41) is 0.548. The lowest BCUT2D eigenvalue weighted by molar-refractivity contribution is -0.130. The van der Waals surface area contributed by atoms with Crippen molar-refractivity contribution in [1.82, 2.24) is 14.8 Å². The van der Waals surface area contributed by atoms with E-state index in [-0.39, 0.29) is 5.91 Å². The maximum atomic E-state index is 12.8. The van der Waals surface area contributed by atoms with Gasteiger partial charge in [-0.1, -0.05) is 29.8 Å². The van der Waals surface area contributed by atoms with Gasteiger partial charge in [0, 0.05) is 49.9 Å². The van der Waals surface area contributed by atoms with Crippen molar-refractivity contribution < 1.29 is 9.59 Å². The van der Waals surface area contributed by atoms with Gasteiger partial charge in [0.25, 0.3) is 0 Å². The number of hydrogen-bond acceptors (Lipinski definition) is 5. The van der Waals surface area contributed by atoms with Crippen LogP contribution in [0.4, 0.5) is 0 Å². The number of halogens is 1. The van der Waals surface area contributed by atoms with Crippen LogP contribution in [0.15, 0.2) is 59.7 Å². The van der Waals surface area contributed by atoms with E-state index in [1.165, 1.54) is 0 Å². The Labute approximate surface area is 192 Å². The summed E-state index contributed by atoms with van der Waals surface area (Å²) in [6.45, 7) is 6.19. The highest BCUT2D eigenvalue weighted by atomic mass is 35.5. The summed E-state index contributed by atoms with van der Waals surface area (Å²) in [6.07, 6.45) is 5.42. The summed E-state index contributed by atoms with van der Waals surface area (Å²) in [6, 6.07) is 10.7. The standard InChI is InChI=1S/C24H26ClN5O2/c1-16-24(23(26)32,9-8-22(28-16)30-13-11-29(12-14-30)17(2)31)18-6-7-20(25)19(15-18)21-5-3-4-10-27-21/h3-10,15-16H,11-14H2,1-2H3,(H2,26,32). The normalized spacial score (nSPS) is 23.1. The Hall–Kier alpha value is -3.19. The topological polar surface area (TPSA) is 91.9 Å². The Morgan fingerprint density at radius 3 is 2.50 bits per heavy atom. The maximum Gasteiger partial charge on any atom is 0.234 e. The van der Waals surface area contributed by atoms with Crippen molar-refractivity contribution in [2.75, 3.05) is 26.2 Å². The molecule has 3 heterocycles. The molecule has 1 aromatic carbocycles. The van der Waals surface area contributed by atoms with E-state index < -0.39 is 17.4 Å². The molecule has 2 aliphatic heterocycles. The van der Waals surface area contributed by atoms with E-state index >= 15 is 0 Å². The van der Waals surface area contributed by atoms with E-state index in [2.05, 4.69) is 9.88 Å². The molecular formula is C24H26ClN5O2.